The highest BCUT2D eigenvalue weighted by Gasteiger charge is 2.08. The van der Waals surface area contributed by atoms with E-state index in [1.165, 1.54) is 6.07 Å². The Hall–Kier alpha value is -2.20. The fourth-order valence-electron chi connectivity index (χ4n) is 1.67. The number of aliphatic hydroxyl groups is 1. The number of hydrogen-bond acceptors (Lipinski definition) is 4. The van der Waals surface area contributed by atoms with Crippen LogP contribution in [0.3, 0.4) is 0 Å². The molecule has 2 N–H and O–H groups in total. The molecule has 4 nitrogen and oxygen atoms in total. The van der Waals surface area contributed by atoms with Crippen molar-refractivity contribution >= 4 is 0 Å². The topological polar surface area (TPSA) is 58.9 Å². The van der Waals surface area contributed by atoms with Gasteiger partial charge in [0.05, 0.1) is 7.11 Å². The maximum absolute atomic E-state index is 9.99. The molecular weight excluding hydrogens is 244 g/mol. The van der Waals surface area contributed by atoms with Crippen molar-refractivity contribution in [1.29, 1.82) is 0 Å². The van der Waals surface area contributed by atoms with E-state index in [1.807, 2.05) is 0 Å². The summed E-state index contributed by atoms with van der Waals surface area (Å²) in [5.41, 5.74) is 0.751. The first-order chi connectivity index (χ1) is 9.19. The summed E-state index contributed by atoms with van der Waals surface area (Å²) in [6, 6.07) is 13.6. The highest BCUT2D eigenvalue weighted by molar-refractivity contribution is 5.32. The molecule has 0 fully saturated rings. The smallest absolute Gasteiger partial charge is 0.123 e. The van der Waals surface area contributed by atoms with Crippen LogP contribution in [0.1, 0.15) is 11.7 Å². The summed E-state index contributed by atoms with van der Waals surface area (Å²) in [5, 5.41) is 19.3. The first-order valence-electron chi connectivity index (χ1n) is 5.93. The first kappa shape index (κ1) is 13.2. The maximum atomic E-state index is 9.99. The third kappa shape index (κ3) is 3.63. The van der Waals surface area contributed by atoms with E-state index >= 15 is 0 Å². The molecule has 4 heteroatoms. The van der Waals surface area contributed by atoms with Crippen molar-refractivity contribution in [1.82, 2.24) is 0 Å². The summed E-state index contributed by atoms with van der Waals surface area (Å²) in [7, 11) is 1.59. The molecule has 0 heterocycles. The van der Waals surface area contributed by atoms with Gasteiger partial charge in [0, 0.05) is 6.07 Å². The lowest BCUT2D eigenvalue weighted by atomic mass is 10.1. The van der Waals surface area contributed by atoms with Gasteiger partial charge in [-0.2, -0.15) is 0 Å². The molecule has 1 unspecified atom stereocenters. The number of phenolic OH excluding ortho intramolecular Hbond substituents is 1. The molecule has 19 heavy (non-hydrogen) atoms. The Morgan fingerprint density at radius 1 is 1.05 bits per heavy atom. The van der Waals surface area contributed by atoms with Crippen LogP contribution in [0.4, 0.5) is 0 Å². The molecule has 2 aromatic rings. The van der Waals surface area contributed by atoms with Crippen LogP contribution in [0.15, 0.2) is 48.5 Å². The zero-order chi connectivity index (χ0) is 13.7. The molecular formula is C15H16O4. The standard InChI is InChI=1S/C15H16O4/c1-18-13-7-5-11(6-8-13)15(17)10-19-14-4-2-3-12(16)9-14/h2-9,15-17H,10H2,1H3. The number of rotatable bonds is 5. The summed E-state index contributed by atoms with van der Waals surface area (Å²) in [6.07, 6.45) is -0.728. The van der Waals surface area contributed by atoms with E-state index in [0.29, 0.717) is 5.75 Å². The highest BCUT2D eigenvalue weighted by Crippen LogP contribution is 2.21. The van der Waals surface area contributed by atoms with Crippen LogP contribution in [0.25, 0.3) is 0 Å². The van der Waals surface area contributed by atoms with E-state index in [1.54, 1.807) is 49.6 Å². The molecule has 0 amide bonds. The Kier molecular flexibility index (Phi) is 4.26. The SMILES string of the molecule is COc1ccc(C(O)COc2cccc(O)c2)cc1. The van der Waals surface area contributed by atoms with Crippen LogP contribution in [0, 0.1) is 0 Å². The summed E-state index contributed by atoms with van der Waals surface area (Å²) in [6.45, 7) is 0.121. The summed E-state index contributed by atoms with van der Waals surface area (Å²) in [4.78, 5) is 0. The average molecular weight is 260 g/mol. The van der Waals surface area contributed by atoms with Crippen molar-refractivity contribution in [3.63, 3.8) is 0 Å². The largest absolute Gasteiger partial charge is 0.508 e. The van der Waals surface area contributed by atoms with Crippen LogP contribution >= 0.6 is 0 Å². The van der Waals surface area contributed by atoms with Gasteiger partial charge in [-0.3, -0.25) is 0 Å². The third-order valence-electron chi connectivity index (χ3n) is 2.73. The summed E-state index contributed by atoms with van der Waals surface area (Å²) in [5.74, 6) is 1.40. The normalized spacial score (nSPS) is 11.9. The van der Waals surface area contributed by atoms with Crippen LogP contribution in [0.2, 0.25) is 0 Å². The predicted octanol–water partition coefficient (Wildman–Crippen LogP) is 2.51. The molecule has 0 spiro atoms. The number of phenols is 1. The number of methoxy groups -OCH3 is 1. The van der Waals surface area contributed by atoms with Crippen LogP contribution in [0.5, 0.6) is 17.2 Å². The molecule has 2 aromatic carbocycles. The number of benzene rings is 2. The van der Waals surface area contributed by atoms with Crippen molar-refractivity contribution in [2.24, 2.45) is 0 Å². The van der Waals surface area contributed by atoms with Crippen molar-refractivity contribution < 1.29 is 19.7 Å². The Morgan fingerprint density at radius 3 is 2.42 bits per heavy atom. The molecule has 100 valence electrons. The number of aliphatic hydroxyl groups excluding tert-OH is 1. The minimum absolute atomic E-state index is 0.121. The molecule has 0 saturated heterocycles. The molecule has 0 bridgehead atoms. The van der Waals surface area contributed by atoms with Crippen LogP contribution in [-0.2, 0) is 0 Å². The van der Waals surface area contributed by atoms with E-state index in [9.17, 15) is 10.2 Å². The molecule has 0 aliphatic carbocycles. The van der Waals surface area contributed by atoms with Gasteiger partial charge in [-0.1, -0.05) is 18.2 Å². The molecule has 0 saturated carbocycles. The molecule has 1 atom stereocenters. The number of aromatic hydroxyl groups is 1. The fourth-order valence-corrected chi connectivity index (χ4v) is 1.67. The van der Waals surface area contributed by atoms with Gasteiger partial charge < -0.3 is 19.7 Å². The van der Waals surface area contributed by atoms with Crippen molar-refractivity contribution in [3.8, 4) is 17.2 Å². The molecule has 0 radical (unpaired) electrons. The molecule has 0 aromatic heterocycles. The number of hydrogen-bond donors (Lipinski definition) is 2. The second-order valence-electron chi connectivity index (χ2n) is 4.10. The van der Waals surface area contributed by atoms with Crippen molar-refractivity contribution in [2.45, 2.75) is 6.10 Å². The maximum Gasteiger partial charge on any atom is 0.123 e. The molecule has 2 rings (SSSR count). The van der Waals surface area contributed by atoms with Crippen LogP contribution < -0.4 is 9.47 Å². The molecule has 0 aliphatic rings. The van der Waals surface area contributed by atoms with E-state index < -0.39 is 6.10 Å². The Balaban J connectivity index is 1.95. The van der Waals surface area contributed by atoms with Gasteiger partial charge in [-0.25, -0.2) is 0 Å². The quantitative estimate of drug-likeness (QED) is 0.867. The van der Waals surface area contributed by atoms with Gasteiger partial charge in [-0.05, 0) is 29.8 Å². The lowest BCUT2D eigenvalue weighted by Crippen LogP contribution is -2.09. The Bertz CT molecular complexity index is 522. The molecule has 0 aliphatic heterocycles. The number of ether oxygens (including phenoxy) is 2. The van der Waals surface area contributed by atoms with Gasteiger partial charge in [0.25, 0.3) is 0 Å². The van der Waals surface area contributed by atoms with Gasteiger partial charge in [0.15, 0.2) is 0 Å². The lowest BCUT2D eigenvalue weighted by Gasteiger charge is -2.13. The Labute approximate surface area is 111 Å². The Morgan fingerprint density at radius 2 is 1.79 bits per heavy atom. The van der Waals surface area contributed by atoms with Crippen molar-refractivity contribution in [2.75, 3.05) is 13.7 Å². The zero-order valence-corrected chi connectivity index (χ0v) is 10.6. The zero-order valence-electron chi connectivity index (χ0n) is 10.6. The monoisotopic (exact) mass is 260 g/mol. The van der Waals surface area contributed by atoms with Gasteiger partial charge >= 0.3 is 0 Å². The van der Waals surface area contributed by atoms with Gasteiger partial charge in [0.1, 0.15) is 30.0 Å². The van der Waals surface area contributed by atoms with Crippen molar-refractivity contribution in [3.05, 3.63) is 54.1 Å². The summed E-state index contributed by atoms with van der Waals surface area (Å²) >= 11 is 0. The second kappa shape index (κ2) is 6.11. The predicted molar refractivity (Wildman–Crippen MR) is 71.6 cm³/mol. The van der Waals surface area contributed by atoms with E-state index in [-0.39, 0.29) is 12.4 Å². The van der Waals surface area contributed by atoms with Gasteiger partial charge in [0.2, 0.25) is 0 Å². The highest BCUT2D eigenvalue weighted by atomic mass is 16.5. The van der Waals surface area contributed by atoms with E-state index in [2.05, 4.69) is 0 Å². The van der Waals surface area contributed by atoms with E-state index in [0.717, 1.165) is 11.3 Å². The fraction of sp³-hybridized carbons (Fsp3) is 0.200. The minimum atomic E-state index is -0.728. The first-order valence-corrected chi connectivity index (χ1v) is 5.93. The van der Waals surface area contributed by atoms with Gasteiger partial charge in [-0.15, -0.1) is 0 Å². The van der Waals surface area contributed by atoms with Crippen LogP contribution in [-0.4, -0.2) is 23.9 Å². The lowest BCUT2D eigenvalue weighted by molar-refractivity contribution is 0.108. The minimum Gasteiger partial charge on any atom is -0.508 e. The average Bonchev–Trinajstić information content (AvgIpc) is 2.45. The third-order valence-corrected chi connectivity index (χ3v) is 2.73. The summed E-state index contributed by atoms with van der Waals surface area (Å²) < 4.78 is 10.5. The second-order valence-corrected chi connectivity index (χ2v) is 4.10. The van der Waals surface area contributed by atoms with E-state index in [4.69, 9.17) is 9.47 Å².